The quantitative estimate of drug-likeness (QED) is 0.349. The third-order valence-electron chi connectivity index (χ3n) is 9.67. The maximum atomic E-state index is 13.4. The fourth-order valence-corrected chi connectivity index (χ4v) is 8.38. The molecule has 5 aliphatic rings. The van der Waals surface area contributed by atoms with E-state index in [0.717, 1.165) is 7.11 Å². The van der Waals surface area contributed by atoms with Crippen molar-refractivity contribution in [1.82, 2.24) is 0 Å². The van der Waals surface area contributed by atoms with Gasteiger partial charge in [0.2, 0.25) is 11.7 Å². The van der Waals surface area contributed by atoms with Crippen LogP contribution in [0.15, 0.2) is 11.3 Å². The number of aliphatic hydroxyl groups is 3. The highest BCUT2D eigenvalue weighted by molar-refractivity contribution is 5.95. The van der Waals surface area contributed by atoms with E-state index in [9.17, 15) is 34.5 Å². The number of carbonyl (C=O) groups excluding carboxylic acids is 4. The van der Waals surface area contributed by atoms with Crippen LogP contribution in [0.3, 0.4) is 0 Å². The monoisotopic (exact) mass is 522 g/mol. The van der Waals surface area contributed by atoms with Crippen LogP contribution < -0.4 is 0 Å². The van der Waals surface area contributed by atoms with E-state index < -0.39 is 82.3 Å². The van der Waals surface area contributed by atoms with Crippen molar-refractivity contribution in [2.24, 2.45) is 34.5 Å². The summed E-state index contributed by atoms with van der Waals surface area (Å²) in [6.45, 7) is 6.84. The molecule has 0 aromatic carbocycles. The first kappa shape index (κ1) is 26.1. The molecule has 5 rings (SSSR count). The second kappa shape index (κ2) is 8.25. The van der Waals surface area contributed by atoms with Gasteiger partial charge >= 0.3 is 17.9 Å². The van der Waals surface area contributed by atoms with E-state index in [2.05, 4.69) is 0 Å². The van der Waals surface area contributed by atoms with Crippen molar-refractivity contribution in [2.45, 2.75) is 77.0 Å². The molecule has 11 nitrogen and oxygen atoms in total. The van der Waals surface area contributed by atoms with Gasteiger partial charge in [-0.05, 0) is 36.2 Å². The lowest BCUT2D eigenvalue weighted by Crippen LogP contribution is -2.79. The number of carbonyl (C=O) groups is 4. The van der Waals surface area contributed by atoms with Gasteiger partial charge in [-0.15, -0.1) is 0 Å². The summed E-state index contributed by atoms with van der Waals surface area (Å²) < 4.78 is 22.6. The Labute approximate surface area is 214 Å². The van der Waals surface area contributed by atoms with Crippen molar-refractivity contribution in [3.8, 4) is 0 Å². The number of ether oxygens (including phenoxy) is 4. The van der Waals surface area contributed by atoms with Gasteiger partial charge in [-0.1, -0.05) is 20.8 Å². The molecular weight excluding hydrogens is 488 g/mol. The number of ketones is 1. The average Bonchev–Trinajstić information content (AvgIpc) is 3.12. The summed E-state index contributed by atoms with van der Waals surface area (Å²) in [5.41, 5.74) is -4.05. The normalized spacial score (nSPS) is 46.2. The van der Waals surface area contributed by atoms with E-state index >= 15 is 0 Å². The first-order valence-electron chi connectivity index (χ1n) is 12.7. The molecule has 10 atom stereocenters. The van der Waals surface area contributed by atoms with Crippen LogP contribution in [0.25, 0.3) is 0 Å². The molecule has 37 heavy (non-hydrogen) atoms. The Kier molecular flexibility index (Phi) is 5.82. The molecule has 2 saturated heterocycles. The molecule has 2 bridgehead atoms. The van der Waals surface area contributed by atoms with Gasteiger partial charge in [-0.3, -0.25) is 9.59 Å². The van der Waals surface area contributed by atoms with Crippen molar-refractivity contribution in [1.29, 1.82) is 0 Å². The Hall–Kier alpha value is -2.50. The SMILES string of the molecule is COC(=O)[C@@]12OC[C@]34C([C@@H](O)[C@@H]1O)[C@@]1(C)CC(=O)C(O)=C(C)C1C[C@H]3OC(=O)[C@H](OC(=O)CC(C)C)[C@@H]24. The van der Waals surface area contributed by atoms with E-state index in [1.54, 1.807) is 13.8 Å². The van der Waals surface area contributed by atoms with Gasteiger partial charge in [0.25, 0.3) is 0 Å². The molecule has 204 valence electrons. The topological polar surface area (TPSA) is 166 Å². The summed E-state index contributed by atoms with van der Waals surface area (Å²) in [5.74, 6) is -6.09. The predicted octanol–water partition coefficient (Wildman–Crippen LogP) is 0.597. The van der Waals surface area contributed by atoms with Gasteiger partial charge in [0, 0.05) is 24.2 Å². The number of Topliss-reactive ketones (excluding diaryl/α,β-unsaturated/α-hetero) is 1. The van der Waals surface area contributed by atoms with E-state index in [0.29, 0.717) is 5.57 Å². The maximum Gasteiger partial charge on any atom is 0.348 e. The van der Waals surface area contributed by atoms with Crippen LogP contribution in [-0.2, 0) is 38.1 Å². The number of allylic oxidation sites excluding steroid dienone is 2. The van der Waals surface area contributed by atoms with Gasteiger partial charge < -0.3 is 34.3 Å². The van der Waals surface area contributed by atoms with Crippen LogP contribution >= 0.6 is 0 Å². The fourth-order valence-electron chi connectivity index (χ4n) is 8.38. The molecule has 0 aromatic rings. The van der Waals surface area contributed by atoms with Crippen molar-refractivity contribution in [3.05, 3.63) is 11.3 Å². The van der Waals surface area contributed by atoms with Crippen molar-refractivity contribution >= 4 is 23.7 Å². The van der Waals surface area contributed by atoms with Crippen LogP contribution in [0.5, 0.6) is 0 Å². The number of aliphatic hydroxyl groups excluding tert-OH is 3. The first-order chi connectivity index (χ1) is 17.3. The summed E-state index contributed by atoms with van der Waals surface area (Å²) in [6, 6.07) is 0. The van der Waals surface area contributed by atoms with Gasteiger partial charge in [0.15, 0.2) is 11.5 Å². The summed E-state index contributed by atoms with van der Waals surface area (Å²) in [6.07, 6.45) is -5.87. The molecule has 0 aromatic heterocycles. The number of methoxy groups -OCH3 is 1. The Morgan fingerprint density at radius 2 is 1.86 bits per heavy atom. The summed E-state index contributed by atoms with van der Waals surface area (Å²) in [5, 5.41) is 33.6. The molecule has 3 N–H and O–H groups in total. The molecule has 2 heterocycles. The minimum atomic E-state index is -2.19. The lowest BCUT2D eigenvalue weighted by atomic mass is 9.38. The Bertz CT molecular complexity index is 1100. The summed E-state index contributed by atoms with van der Waals surface area (Å²) in [7, 11) is 1.10. The number of fused-ring (bicyclic) bond motifs is 2. The Balaban J connectivity index is 1.72. The second-order valence-corrected chi connectivity index (χ2v) is 11.9. The molecule has 1 spiro atoms. The smallest absolute Gasteiger partial charge is 0.348 e. The molecule has 11 heteroatoms. The number of hydrogen-bond donors (Lipinski definition) is 3. The highest BCUT2D eigenvalue weighted by atomic mass is 16.6. The van der Waals surface area contributed by atoms with Crippen LogP contribution in [0.2, 0.25) is 0 Å². The second-order valence-electron chi connectivity index (χ2n) is 11.9. The third kappa shape index (κ3) is 3.10. The van der Waals surface area contributed by atoms with Gasteiger partial charge in [0.05, 0.1) is 25.7 Å². The van der Waals surface area contributed by atoms with Crippen molar-refractivity contribution in [3.63, 3.8) is 0 Å². The number of esters is 3. The molecule has 2 aliphatic heterocycles. The van der Waals surface area contributed by atoms with E-state index in [1.165, 1.54) is 0 Å². The Morgan fingerprint density at radius 1 is 1.19 bits per heavy atom. The molecule has 0 amide bonds. The molecule has 2 saturated carbocycles. The van der Waals surface area contributed by atoms with Crippen LogP contribution in [0.4, 0.5) is 0 Å². The molecule has 0 radical (unpaired) electrons. The molecular formula is C26H34O11. The van der Waals surface area contributed by atoms with Crippen molar-refractivity contribution < 1.29 is 53.4 Å². The summed E-state index contributed by atoms with van der Waals surface area (Å²) >= 11 is 0. The highest BCUT2D eigenvalue weighted by Crippen LogP contribution is 2.72. The zero-order valence-electron chi connectivity index (χ0n) is 21.6. The van der Waals surface area contributed by atoms with E-state index in [4.69, 9.17) is 18.9 Å². The van der Waals surface area contributed by atoms with Gasteiger partial charge in [0.1, 0.15) is 12.2 Å². The van der Waals surface area contributed by atoms with Crippen LogP contribution in [-0.4, -0.2) is 82.7 Å². The first-order valence-corrected chi connectivity index (χ1v) is 12.7. The lowest BCUT2D eigenvalue weighted by Gasteiger charge is -2.67. The van der Waals surface area contributed by atoms with Crippen molar-refractivity contribution in [2.75, 3.05) is 13.7 Å². The summed E-state index contributed by atoms with van der Waals surface area (Å²) in [4.78, 5) is 52.3. The van der Waals surface area contributed by atoms with Gasteiger partial charge in [-0.2, -0.15) is 0 Å². The van der Waals surface area contributed by atoms with Crippen LogP contribution in [0, 0.1) is 34.5 Å². The zero-order valence-corrected chi connectivity index (χ0v) is 21.6. The zero-order chi connectivity index (χ0) is 27.2. The highest BCUT2D eigenvalue weighted by Gasteiger charge is 2.85. The Morgan fingerprint density at radius 3 is 2.49 bits per heavy atom. The maximum absolute atomic E-state index is 13.4. The number of rotatable bonds is 4. The average molecular weight is 523 g/mol. The van der Waals surface area contributed by atoms with Gasteiger partial charge in [-0.25, -0.2) is 9.59 Å². The van der Waals surface area contributed by atoms with Crippen LogP contribution in [0.1, 0.15) is 47.0 Å². The standard InChI is InChI=1S/C26H34O11/c1-10(2)6-15(28)37-18-20-25-9-35-26(20,23(33)34-5)21(31)17(30)19(25)24(4)8-13(27)16(29)11(3)12(24)7-14(25)36-22(18)32/h10,12,14,17-21,29-31H,6-9H2,1-5H3/t12?,14-,17-,18-,19?,20-,21+,24+,25-,26+/m1/s1. The number of hydrogen-bond acceptors (Lipinski definition) is 11. The lowest BCUT2D eigenvalue weighted by molar-refractivity contribution is -0.290. The largest absolute Gasteiger partial charge is 0.504 e. The molecule has 2 unspecified atom stereocenters. The van der Waals surface area contributed by atoms with E-state index in [1.807, 2.05) is 13.8 Å². The fraction of sp³-hybridized carbons (Fsp3) is 0.769. The van der Waals surface area contributed by atoms with E-state index in [-0.39, 0.29) is 37.5 Å². The minimum absolute atomic E-state index is 0.00513. The molecule has 4 fully saturated rings. The third-order valence-corrected chi connectivity index (χ3v) is 9.67. The minimum Gasteiger partial charge on any atom is -0.504 e. The molecule has 3 aliphatic carbocycles. The predicted molar refractivity (Wildman–Crippen MR) is 123 cm³/mol.